The van der Waals surface area contributed by atoms with E-state index in [2.05, 4.69) is 15.5 Å². The van der Waals surface area contributed by atoms with Gasteiger partial charge in [-0.1, -0.05) is 0 Å². The zero-order valence-corrected chi connectivity index (χ0v) is 17.9. The van der Waals surface area contributed by atoms with Crippen molar-refractivity contribution in [3.05, 3.63) is 76.1 Å². The van der Waals surface area contributed by atoms with Crippen molar-refractivity contribution in [1.82, 2.24) is 14.9 Å². The molecule has 2 N–H and O–H groups in total. The lowest BCUT2D eigenvalue weighted by molar-refractivity contribution is -0.274. The quantitative estimate of drug-likeness (QED) is 0.713. The van der Waals surface area contributed by atoms with E-state index in [1.165, 1.54) is 21.7 Å². The first-order chi connectivity index (χ1) is 15.7. The Bertz CT molecular complexity index is 1180. The fourth-order valence-corrected chi connectivity index (χ4v) is 3.67. The molecule has 33 heavy (non-hydrogen) atoms. The van der Waals surface area contributed by atoms with Gasteiger partial charge < -0.3 is 19.5 Å². The first kappa shape index (κ1) is 22.3. The number of hydrogen-bond acceptors (Lipinski definition) is 6. The number of hydrogen-bond donors (Lipinski definition) is 2. The van der Waals surface area contributed by atoms with E-state index in [0.717, 1.165) is 17.7 Å². The van der Waals surface area contributed by atoms with Gasteiger partial charge in [0.05, 0.1) is 11.3 Å². The Labute approximate surface area is 187 Å². The van der Waals surface area contributed by atoms with Crippen molar-refractivity contribution in [3.8, 4) is 5.75 Å². The average Bonchev–Trinajstić information content (AvgIpc) is 2.78. The number of anilines is 2. The maximum Gasteiger partial charge on any atom is 0.573 e. The van der Waals surface area contributed by atoms with Gasteiger partial charge in [-0.15, -0.1) is 13.2 Å². The Morgan fingerprint density at radius 2 is 1.88 bits per heavy atom. The van der Waals surface area contributed by atoms with Crippen LogP contribution >= 0.6 is 0 Å². The number of amides is 1. The highest BCUT2D eigenvalue weighted by Crippen LogP contribution is 2.32. The lowest BCUT2D eigenvalue weighted by atomic mass is 9.97. The van der Waals surface area contributed by atoms with Crippen LogP contribution in [0.15, 0.2) is 70.6 Å². The molecule has 0 fully saturated rings. The number of carbonyl (C=O) groups is 1. The molecule has 0 spiro atoms. The molecule has 0 atom stereocenters. The number of aromatic nitrogens is 1. The molecule has 0 saturated carbocycles. The van der Waals surface area contributed by atoms with Crippen LogP contribution < -0.4 is 26.0 Å². The van der Waals surface area contributed by atoms with Gasteiger partial charge in [-0.25, -0.2) is 5.01 Å². The molecule has 2 aliphatic heterocycles. The fourth-order valence-electron chi connectivity index (χ4n) is 3.67. The Morgan fingerprint density at radius 1 is 1.15 bits per heavy atom. The van der Waals surface area contributed by atoms with Crippen molar-refractivity contribution in [1.29, 1.82) is 0 Å². The molecule has 11 heteroatoms. The highest BCUT2D eigenvalue weighted by Gasteiger charge is 2.35. The Hall–Kier alpha value is -3.89. The van der Waals surface area contributed by atoms with Crippen molar-refractivity contribution < 1.29 is 22.7 Å². The standard InChI is InChI=1S/C22H22F3N5O3/c1-3-29-12-10-16-17(13-29)20(31)30(14-6-8-15(9-7-14)33-22(23,24)25)27-19(16)26-18-5-4-11-28(2)21(18)32/h4-9,11,13,26-27H,3,10,12H2,1-2H3. The number of pyridine rings is 1. The van der Waals surface area contributed by atoms with Crippen LogP contribution in [-0.4, -0.2) is 34.8 Å². The minimum Gasteiger partial charge on any atom is -0.406 e. The number of hydrazine groups is 1. The van der Waals surface area contributed by atoms with Gasteiger partial charge in [0.15, 0.2) is 0 Å². The number of nitrogens with one attached hydrogen (secondary N) is 2. The number of benzene rings is 1. The number of fused-ring (bicyclic) bond motifs is 1. The number of halogens is 3. The average molecular weight is 461 g/mol. The van der Waals surface area contributed by atoms with Crippen molar-refractivity contribution >= 4 is 17.3 Å². The smallest absolute Gasteiger partial charge is 0.406 e. The lowest BCUT2D eigenvalue weighted by Crippen LogP contribution is -2.51. The molecular formula is C22H22F3N5O3. The Balaban J connectivity index is 1.71. The number of rotatable bonds is 5. The highest BCUT2D eigenvalue weighted by atomic mass is 19.4. The van der Waals surface area contributed by atoms with E-state index >= 15 is 0 Å². The van der Waals surface area contributed by atoms with Crippen LogP contribution in [-0.2, 0) is 11.8 Å². The van der Waals surface area contributed by atoms with Crippen LogP contribution in [0.25, 0.3) is 0 Å². The predicted molar refractivity (Wildman–Crippen MR) is 116 cm³/mol. The molecule has 3 heterocycles. The van der Waals surface area contributed by atoms with Gasteiger partial charge in [-0.3, -0.25) is 15.0 Å². The number of carbonyl (C=O) groups excluding carboxylic acids is 1. The molecule has 4 rings (SSSR count). The van der Waals surface area contributed by atoms with E-state index in [-0.39, 0.29) is 11.5 Å². The van der Waals surface area contributed by atoms with Gasteiger partial charge >= 0.3 is 6.36 Å². The highest BCUT2D eigenvalue weighted by molar-refractivity contribution is 6.09. The number of ether oxygens (including phenoxy) is 1. The molecule has 2 aliphatic rings. The summed E-state index contributed by atoms with van der Waals surface area (Å²) in [6.07, 6.45) is -0.847. The van der Waals surface area contributed by atoms with Gasteiger partial charge in [-0.2, -0.15) is 0 Å². The third kappa shape index (κ3) is 4.66. The largest absolute Gasteiger partial charge is 0.573 e. The molecule has 0 unspecified atom stereocenters. The maximum atomic E-state index is 13.3. The van der Waals surface area contributed by atoms with E-state index < -0.39 is 12.1 Å². The summed E-state index contributed by atoms with van der Waals surface area (Å²) in [5, 5.41) is 4.32. The monoisotopic (exact) mass is 461 g/mol. The van der Waals surface area contributed by atoms with Gasteiger partial charge in [0.2, 0.25) is 0 Å². The summed E-state index contributed by atoms with van der Waals surface area (Å²) >= 11 is 0. The Kier molecular flexibility index (Phi) is 5.79. The van der Waals surface area contributed by atoms with E-state index in [4.69, 9.17) is 0 Å². The summed E-state index contributed by atoms with van der Waals surface area (Å²) in [5.74, 6) is -0.304. The second-order valence-electron chi connectivity index (χ2n) is 7.53. The van der Waals surface area contributed by atoms with Crippen LogP contribution in [0.5, 0.6) is 5.75 Å². The molecule has 2 aromatic rings. The van der Waals surface area contributed by atoms with Gasteiger partial charge in [0.1, 0.15) is 17.3 Å². The summed E-state index contributed by atoms with van der Waals surface area (Å²) in [4.78, 5) is 27.8. The zero-order valence-electron chi connectivity index (χ0n) is 17.9. The van der Waals surface area contributed by atoms with Crippen LogP contribution in [0.1, 0.15) is 13.3 Å². The molecule has 1 aromatic heterocycles. The van der Waals surface area contributed by atoms with Crippen LogP contribution in [0.3, 0.4) is 0 Å². The zero-order chi connectivity index (χ0) is 23.8. The molecule has 174 valence electrons. The molecule has 1 aromatic carbocycles. The van der Waals surface area contributed by atoms with Crippen LogP contribution in [0.4, 0.5) is 24.5 Å². The second kappa shape index (κ2) is 8.57. The SMILES string of the molecule is CCN1C=C2C(=O)N(c3ccc(OC(F)(F)F)cc3)NC(Nc3cccn(C)c3=O)=C2CC1. The summed E-state index contributed by atoms with van der Waals surface area (Å²) < 4.78 is 42.8. The lowest BCUT2D eigenvalue weighted by Gasteiger charge is -2.37. The second-order valence-corrected chi connectivity index (χ2v) is 7.53. The van der Waals surface area contributed by atoms with E-state index in [0.29, 0.717) is 42.3 Å². The first-order valence-electron chi connectivity index (χ1n) is 10.2. The minimum absolute atomic E-state index is 0.249. The summed E-state index contributed by atoms with van der Waals surface area (Å²) in [6, 6.07) is 8.30. The number of aryl methyl sites for hydroxylation is 1. The third-order valence-corrected chi connectivity index (χ3v) is 5.36. The van der Waals surface area contributed by atoms with Gasteiger partial charge in [0, 0.05) is 38.1 Å². The van der Waals surface area contributed by atoms with E-state index in [1.807, 2.05) is 11.8 Å². The summed E-state index contributed by atoms with van der Waals surface area (Å²) in [5.41, 5.74) is 4.53. The van der Waals surface area contributed by atoms with Gasteiger partial charge in [-0.05, 0) is 49.7 Å². The summed E-state index contributed by atoms with van der Waals surface area (Å²) in [7, 11) is 1.63. The fraction of sp³-hybridized carbons (Fsp3) is 0.273. The third-order valence-electron chi connectivity index (χ3n) is 5.36. The summed E-state index contributed by atoms with van der Waals surface area (Å²) in [6.45, 7) is 3.38. The van der Waals surface area contributed by atoms with E-state index in [1.54, 1.807) is 31.6 Å². The Morgan fingerprint density at radius 3 is 2.55 bits per heavy atom. The molecule has 1 amide bonds. The first-order valence-corrected chi connectivity index (χ1v) is 10.2. The molecule has 0 saturated heterocycles. The molecule has 8 nitrogen and oxygen atoms in total. The molecule has 0 bridgehead atoms. The van der Waals surface area contributed by atoms with Gasteiger partial charge in [0.25, 0.3) is 11.5 Å². The topological polar surface area (TPSA) is 78.8 Å². The van der Waals surface area contributed by atoms with E-state index in [9.17, 15) is 22.8 Å². The molecule has 0 aliphatic carbocycles. The van der Waals surface area contributed by atoms with Crippen molar-refractivity contribution in [2.75, 3.05) is 23.4 Å². The number of alkyl halides is 3. The normalized spacial score (nSPS) is 16.3. The van der Waals surface area contributed by atoms with Crippen LogP contribution in [0.2, 0.25) is 0 Å². The predicted octanol–water partition coefficient (Wildman–Crippen LogP) is 3.07. The van der Waals surface area contributed by atoms with Crippen molar-refractivity contribution in [2.24, 2.45) is 7.05 Å². The molecule has 0 radical (unpaired) electrons. The van der Waals surface area contributed by atoms with Crippen molar-refractivity contribution in [2.45, 2.75) is 19.7 Å². The number of nitrogens with zero attached hydrogens (tertiary/aromatic N) is 3. The van der Waals surface area contributed by atoms with Crippen molar-refractivity contribution in [3.63, 3.8) is 0 Å². The minimum atomic E-state index is -4.81. The van der Waals surface area contributed by atoms with Crippen LogP contribution in [0, 0.1) is 0 Å². The molecular weight excluding hydrogens is 439 g/mol. The maximum absolute atomic E-state index is 13.3.